The molecule has 0 aromatic carbocycles. The molecule has 0 aliphatic rings. The van der Waals surface area contributed by atoms with E-state index in [1.807, 2.05) is 12.1 Å². The molecule has 0 saturated carbocycles. The third-order valence-electron chi connectivity index (χ3n) is 2.04. The van der Waals surface area contributed by atoms with Crippen LogP contribution in [0.25, 0.3) is 0 Å². The second-order valence-electron chi connectivity index (χ2n) is 3.21. The van der Waals surface area contributed by atoms with E-state index in [4.69, 9.17) is 10.8 Å². The van der Waals surface area contributed by atoms with Crippen LogP contribution in [0.2, 0.25) is 0 Å². The Morgan fingerprint density at radius 2 is 2.21 bits per heavy atom. The van der Waals surface area contributed by atoms with Crippen LogP contribution in [0.15, 0.2) is 16.5 Å². The number of furan rings is 1. The first-order chi connectivity index (χ1) is 6.86. The summed E-state index contributed by atoms with van der Waals surface area (Å²) in [7, 11) is 0. The smallest absolute Gasteiger partial charge is 0.117 e. The van der Waals surface area contributed by atoms with Gasteiger partial charge in [0.1, 0.15) is 11.5 Å². The van der Waals surface area contributed by atoms with E-state index in [0.717, 1.165) is 43.9 Å². The number of rotatable bonds is 6. The van der Waals surface area contributed by atoms with Gasteiger partial charge in [-0.15, -0.1) is 12.3 Å². The van der Waals surface area contributed by atoms with Gasteiger partial charge in [0.2, 0.25) is 0 Å². The maximum Gasteiger partial charge on any atom is 0.117 e. The van der Waals surface area contributed by atoms with Crippen molar-refractivity contribution < 1.29 is 4.42 Å². The lowest BCUT2D eigenvalue weighted by molar-refractivity contribution is 0.450. The average molecular weight is 191 g/mol. The zero-order valence-corrected chi connectivity index (χ0v) is 8.68. The molecule has 0 unspecified atom stereocenters. The molecule has 0 saturated heterocycles. The Bertz CT molecular complexity index is 296. The van der Waals surface area contributed by atoms with Crippen LogP contribution in [0.5, 0.6) is 0 Å². The summed E-state index contributed by atoms with van der Waals surface area (Å²) in [5.41, 5.74) is 0. The van der Waals surface area contributed by atoms with E-state index in [1.165, 1.54) is 0 Å². The minimum Gasteiger partial charge on any atom is -0.465 e. The molecule has 1 aromatic heterocycles. The second-order valence-corrected chi connectivity index (χ2v) is 3.21. The van der Waals surface area contributed by atoms with Crippen molar-refractivity contribution in [1.29, 1.82) is 0 Å². The van der Waals surface area contributed by atoms with E-state index in [9.17, 15) is 0 Å². The number of unbranched alkanes of at least 4 members (excludes halogenated alkanes) is 1. The summed E-state index contributed by atoms with van der Waals surface area (Å²) in [6.07, 6.45) is 7.97. The van der Waals surface area contributed by atoms with E-state index < -0.39 is 0 Å². The molecule has 1 aromatic rings. The first kappa shape index (κ1) is 10.9. The van der Waals surface area contributed by atoms with E-state index in [0.29, 0.717) is 0 Å². The Kier molecular flexibility index (Phi) is 4.88. The van der Waals surface area contributed by atoms with Crippen molar-refractivity contribution in [2.75, 3.05) is 6.54 Å². The fraction of sp³-hybridized carbons (Fsp3) is 0.500. The van der Waals surface area contributed by atoms with E-state index >= 15 is 0 Å². The van der Waals surface area contributed by atoms with Crippen LogP contribution in [0.3, 0.4) is 0 Å². The summed E-state index contributed by atoms with van der Waals surface area (Å²) in [4.78, 5) is 0. The highest BCUT2D eigenvalue weighted by Gasteiger charge is 1.98. The van der Waals surface area contributed by atoms with Crippen molar-refractivity contribution >= 4 is 0 Å². The third kappa shape index (κ3) is 3.68. The summed E-state index contributed by atoms with van der Waals surface area (Å²) in [6.45, 7) is 3.83. The van der Waals surface area contributed by atoms with Gasteiger partial charge < -0.3 is 9.73 Å². The highest BCUT2D eigenvalue weighted by atomic mass is 16.3. The molecule has 0 fully saturated rings. The van der Waals surface area contributed by atoms with Gasteiger partial charge in [0.25, 0.3) is 0 Å². The Balaban J connectivity index is 2.15. The topological polar surface area (TPSA) is 25.2 Å². The van der Waals surface area contributed by atoms with Crippen LogP contribution in [-0.2, 0) is 13.0 Å². The molecule has 76 valence electrons. The third-order valence-corrected chi connectivity index (χ3v) is 2.04. The minimum atomic E-state index is 0.796. The summed E-state index contributed by atoms with van der Waals surface area (Å²) >= 11 is 0. The summed E-state index contributed by atoms with van der Waals surface area (Å²) in [5, 5.41) is 3.28. The van der Waals surface area contributed by atoms with E-state index in [1.54, 1.807) is 0 Å². The van der Waals surface area contributed by atoms with Crippen molar-refractivity contribution in [3.63, 3.8) is 0 Å². The molecule has 0 bridgehead atoms. The molecule has 2 nitrogen and oxygen atoms in total. The van der Waals surface area contributed by atoms with Crippen molar-refractivity contribution in [2.24, 2.45) is 0 Å². The van der Waals surface area contributed by atoms with Gasteiger partial charge >= 0.3 is 0 Å². The predicted octanol–water partition coefficient (Wildman–Crippen LogP) is 2.35. The summed E-state index contributed by atoms with van der Waals surface area (Å²) in [6, 6.07) is 4.05. The van der Waals surface area contributed by atoms with Crippen molar-refractivity contribution in [3.05, 3.63) is 23.7 Å². The lowest BCUT2D eigenvalue weighted by atomic mass is 10.3. The highest BCUT2D eigenvalue weighted by molar-refractivity contribution is 5.06. The SMILES string of the molecule is C#CCCCNCc1ccc(CC)o1. The molecule has 2 heteroatoms. The molecule has 0 spiro atoms. The highest BCUT2D eigenvalue weighted by Crippen LogP contribution is 2.07. The summed E-state index contributed by atoms with van der Waals surface area (Å²) < 4.78 is 5.54. The van der Waals surface area contributed by atoms with Crippen LogP contribution in [0.1, 0.15) is 31.3 Å². The number of hydrogen-bond acceptors (Lipinski definition) is 2. The Morgan fingerprint density at radius 1 is 1.43 bits per heavy atom. The van der Waals surface area contributed by atoms with Gasteiger partial charge in [-0.1, -0.05) is 6.92 Å². The van der Waals surface area contributed by atoms with Gasteiger partial charge in [-0.05, 0) is 25.1 Å². The fourth-order valence-corrected chi connectivity index (χ4v) is 1.23. The van der Waals surface area contributed by atoms with Gasteiger partial charge in [-0.3, -0.25) is 0 Å². The van der Waals surface area contributed by atoms with Gasteiger partial charge in [0.15, 0.2) is 0 Å². The normalized spacial score (nSPS) is 10.0. The monoisotopic (exact) mass is 191 g/mol. The molecular weight excluding hydrogens is 174 g/mol. The Hall–Kier alpha value is -1.20. The average Bonchev–Trinajstić information content (AvgIpc) is 2.65. The van der Waals surface area contributed by atoms with E-state index in [2.05, 4.69) is 18.2 Å². The first-order valence-electron chi connectivity index (χ1n) is 5.08. The number of terminal acetylenes is 1. The molecule has 1 rings (SSSR count). The van der Waals surface area contributed by atoms with Crippen LogP contribution < -0.4 is 5.32 Å². The van der Waals surface area contributed by atoms with Crippen LogP contribution >= 0.6 is 0 Å². The van der Waals surface area contributed by atoms with Crippen LogP contribution in [0, 0.1) is 12.3 Å². The van der Waals surface area contributed by atoms with Crippen molar-refractivity contribution in [1.82, 2.24) is 5.32 Å². The van der Waals surface area contributed by atoms with Gasteiger partial charge in [0.05, 0.1) is 6.54 Å². The Labute approximate surface area is 85.7 Å². The predicted molar refractivity (Wildman–Crippen MR) is 57.9 cm³/mol. The van der Waals surface area contributed by atoms with E-state index in [-0.39, 0.29) is 0 Å². The fourth-order valence-electron chi connectivity index (χ4n) is 1.23. The zero-order chi connectivity index (χ0) is 10.2. The maximum absolute atomic E-state index is 5.54. The lowest BCUT2D eigenvalue weighted by Crippen LogP contribution is -2.13. The summed E-state index contributed by atoms with van der Waals surface area (Å²) in [5.74, 6) is 4.67. The number of nitrogens with one attached hydrogen (secondary N) is 1. The molecule has 14 heavy (non-hydrogen) atoms. The molecular formula is C12H17NO. The molecule has 1 heterocycles. The number of hydrogen-bond donors (Lipinski definition) is 1. The minimum absolute atomic E-state index is 0.796. The van der Waals surface area contributed by atoms with Crippen molar-refractivity contribution in [2.45, 2.75) is 32.7 Å². The Morgan fingerprint density at radius 3 is 2.86 bits per heavy atom. The number of aryl methyl sites for hydroxylation is 1. The van der Waals surface area contributed by atoms with Gasteiger partial charge in [-0.2, -0.15) is 0 Å². The molecule has 1 N–H and O–H groups in total. The molecule has 0 atom stereocenters. The van der Waals surface area contributed by atoms with Crippen LogP contribution in [-0.4, -0.2) is 6.54 Å². The second kappa shape index (κ2) is 6.28. The largest absolute Gasteiger partial charge is 0.465 e. The van der Waals surface area contributed by atoms with Crippen LogP contribution in [0.4, 0.5) is 0 Å². The van der Waals surface area contributed by atoms with Crippen molar-refractivity contribution in [3.8, 4) is 12.3 Å². The molecule has 0 aliphatic heterocycles. The maximum atomic E-state index is 5.54. The molecule has 0 aliphatic carbocycles. The standard InChI is InChI=1S/C12H17NO/c1-3-5-6-9-13-10-12-8-7-11(4-2)14-12/h1,7-8,13H,4-6,9-10H2,2H3. The van der Waals surface area contributed by atoms with Gasteiger partial charge in [-0.25, -0.2) is 0 Å². The van der Waals surface area contributed by atoms with Gasteiger partial charge in [0, 0.05) is 12.8 Å². The lowest BCUT2D eigenvalue weighted by Gasteiger charge is -1.99. The molecule has 0 radical (unpaired) electrons. The quantitative estimate of drug-likeness (QED) is 0.551. The molecule has 0 amide bonds. The zero-order valence-electron chi connectivity index (χ0n) is 8.68. The first-order valence-corrected chi connectivity index (χ1v) is 5.08.